The van der Waals surface area contributed by atoms with Crippen LogP contribution in [0.25, 0.3) is 4.85 Å². The Bertz CT molecular complexity index is 4580. The summed E-state index contributed by atoms with van der Waals surface area (Å²) >= 11 is 0. The van der Waals surface area contributed by atoms with E-state index in [1.54, 1.807) is 84.9 Å². The van der Waals surface area contributed by atoms with Gasteiger partial charge in [0.05, 0.1) is 23.3 Å². The number of carbonyl (C=O) groups excluding carboxylic acids is 7. The lowest BCUT2D eigenvalue weighted by molar-refractivity contribution is -0.166. The minimum atomic E-state index is -2.54. The van der Waals surface area contributed by atoms with Crippen molar-refractivity contribution in [3.63, 3.8) is 0 Å². The molecule has 4 aromatic carbocycles. The molecular weight excluding hydrogens is 1490 g/mol. The first-order chi connectivity index (χ1) is 56.0. The molecule has 0 aromatic heterocycles. The molecule has 8 aliphatic rings. The van der Waals surface area contributed by atoms with Gasteiger partial charge in [0, 0.05) is 75.1 Å². The number of nitriles is 3. The number of carbonyl (C=O) groups is 7. The lowest BCUT2D eigenvalue weighted by Gasteiger charge is -2.38. The standard InChI is InChI=1S/C93H102N8O16/c1-89(2)46-65(69(54-94)72(50-89)98-38-22-23-39-98)76(85(106)114-61-30-14-10-15-31-61)81(102)110-57-93(58-111-82(103)77(86(107)115-62-32-16-11-17-33-62)66-47-90(3,4)51-73(70(66)55-95)99-40-24-25-41-99,59-112-83(104)78(87(108)116-63-34-18-12-19-35-63)67-48-91(5,6)52-74(71(67)56-96)100-42-26-27-43-100)60-113-84(105)79(88(109)117-64-36-20-13-21-37-64)68-49-92(7,8)53-75(80(68)97-9)101-44-28-29-45-101/h10-21,30-37,85,106H,22-29,38-53,57-60H2,1-8H3/b76-65+,77-66-,78-67-,79-68-. The first kappa shape index (κ1) is 84.4. The Morgan fingerprint density at radius 3 is 0.966 bits per heavy atom. The zero-order valence-corrected chi connectivity index (χ0v) is 68.1. The summed E-state index contributed by atoms with van der Waals surface area (Å²) in [7, 11) is 0. The van der Waals surface area contributed by atoms with Crippen molar-refractivity contribution < 1.29 is 76.6 Å². The first-order valence-electron chi connectivity index (χ1n) is 40.4. The summed E-state index contributed by atoms with van der Waals surface area (Å²) < 4.78 is 50.5. The maximum Gasteiger partial charge on any atom is 0.351 e. The van der Waals surface area contributed by atoms with Gasteiger partial charge in [0.15, 0.2) is 0 Å². The molecule has 0 amide bonds. The van der Waals surface area contributed by atoms with Crippen LogP contribution in [0.5, 0.6) is 23.0 Å². The molecule has 4 aliphatic carbocycles. The van der Waals surface area contributed by atoms with Gasteiger partial charge in [-0.3, -0.25) is 0 Å². The van der Waals surface area contributed by atoms with E-state index in [1.807, 2.05) is 55.4 Å². The van der Waals surface area contributed by atoms with Crippen LogP contribution < -0.4 is 18.9 Å². The van der Waals surface area contributed by atoms with Gasteiger partial charge in [0.1, 0.15) is 95.3 Å². The third-order valence-corrected chi connectivity index (χ3v) is 22.7. The number of para-hydroxylation sites is 4. The highest BCUT2D eigenvalue weighted by Gasteiger charge is 2.48. The molecular formula is C93H102N8O16. The van der Waals surface area contributed by atoms with Gasteiger partial charge in [0.25, 0.3) is 0 Å². The van der Waals surface area contributed by atoms with Crippen LogP contribution in [-0.2, 0) is 52.5 Å². The summed E-state index contributed by atoms with van der Waals surface area (Å²) in [5.41, 5.74) is -5.52. The highest BCUT2D eigenvalue weighted by atomic mass is 16.6. The number of likely N-dealkylation sites (tertiary alicyclic amines) is 4. The minimum Gasteiger partial charge on any atom is -0.461 e. The number of hydrogen-bond acceptors (Lipinski definition) is 23. The predicted octanol–water partition coefficient (Wildman–Crippen LogP) is 14.7. The zero-order valence-electron chi connectivity index (χ0n) is 68.1. The smallest absolute Gasteiger partial charge is 0.351 e. The maximum atomic E-state index is 16.3. The fourth-order valence-corrected chi connectivity index (χ4v) is 17.2. The second-order valence-electron chi connectivity index (χ2n) is 34.7. The molecule has 610 valence electrons. The van der Waals surface area contributed by atoms with E-state index in [0.717, 1.165) is 51.4 Å². The average Bonchev–Trinajstić information content (AvgIpc) is 1.67. The number of ether oxygens (including phenoxy) is 8. The third kappa shape index (κ3) is 20.1. The van der Waals surface area contributed by atoms with Gasteiger partial charge < -0.3 is 62.6 Å². The normalized spacial score (nSPS) is 21.0. The van der Waals surface area contributed by atoms with E-state index in [9.17, 15) is 20.9 Å². The largest absolute Gasteiger partial charge is 0.461 e. The Labute approximate surface area is 684 Å². The molecule has 0 spiro atoms. The quantitative estimate of drug-likeness (QED) is 0.00942. The average molecular weight is 1590 g/mol. The summed E-state index contributed by atoms with van der Waals surface area (Å²) in [5.74, 6) is -9.15. The van der Waals surface area contributed by atoms with Crippen molar-refractivity contribution in [3.05, 3.63) is 223 Å². The molecule has 1 unspecified atom stereocenters. The van der Waals surface area contributed by atoms with Crippen LogP contribution in [-0.4, -0.2) is 152 Å². The molecule has 4 fully saturated rings. The van der Waals surface area contributed by atoms with Gasteiger partial charge in [-0.2, -0.15) is 15.8 Å². The Morgan fingerprint density at radius 1 is 0.385 bits per heavy atom. The molecule has 117 heavy (non-hydrogen) atoms. The number of rotatable bonds is 25. The predicted molar refractivity (Wildman–Crippen MR) is 431 cm³/mol. The highest BCUT2D eigenvalue weighted by Crippen LogP contribution is 2.51. The maximum absolute atomic E-state index is 16.3. The molecule has 4 heterocycles. The van der Waals surface area contributed by atoms with Crippen molar-refractivity contribution in [1.82, 2.24) is 19.6 Å². The van der Waals surface area contributed by atoms with Crippen LogP contribution in [0, 0.1) is 67.6 Å². The van der Waals surface area contributed by atoms with E-state index in [4.69, 9.17) is 44.5 Å². The highest BCUT2D eigenvalue weighted by molar-refractivity contribution is 6.18. The molecule has 4 saturated heterocycles. The molecule has 1 N–H and O–H groups in total. The second kappa shape index (κ2) is 36.4. The summed E-state index contributed by atoms with van der Waals surface area (Å²) in [5, 5.41) is 46.9. The lowest BCUT2D eigenvalue weighted by Crippen LogP contribution is -2.45. The van der Waals surface area contributed by atoms with Crippen molar-refractivity contribution in [2.24, 2.45) is 27.1 Å². The number of aliphatic hydroxyl groups is 1. The molecule has 24 nitrogen and oxygen atoms in total. The van der Waals surface area contributed by atoms with Gasteiger partial charge in [0.2, 0.25) is 12.0 Å². The van der Waals surface area contributed by atoms with Crippen molar-refractivity contribution in [1.29, 1.82) is 15.8 Å². The molecule has 12 rings (SSSR count). The molecule has 1 atom stereocenters. The third-order valence-electron chi connectivity index (χ3n) is 22.7. The summed E-state index contributed by atoms with van der Waals surface area (Å²) in [4.78, 5) is 124. The first-order valence-corrected chi connectivity index (χ1v) is 40.4. The van der Waals surface area contributed by atoms with Crippen molar-refractivity contribution >= 4 is 41.8 Å². The number of hydrogen-bond donors (Lipinski definition) is 1. The van der Waals surface area contributed by atoms with Gasteiger partial charge >= 0.3 is 41.8 Å². The Morgan fingerprint density at radius 2 is 0.650 bits per heavy atom. The molecule has 0 bridgehead atoms. The van der Waals surface area contributed by atoms with E-state index < -0.39 is 124 Å². The van der Waals surface area contributed by atoms with Crippen LogP contribution in [0.4, 0.5) is 0 Å². The van der Waals surface area contributed by atoms with E-state index in [1.165, 1.54) is 36.4 Å². The van der Waals surface area contributed by atoms with Crippen molar-refractivity contribution in [2.75, 3.05) is 78.8 Å². The van der Waals surface area contributed by atoms with Gasteiger partial charge in [-0.25, -0.2) is 38.4 Å². The second-order valence-corrected chi connectivity index (χ2v) is 34.7. The van der Waals surface area contributed by atoms with E-state index in [2.05, 4.69) is 42.7 Å². The van der Waals surface area contributed by atoms with Crippen LogP contribution in [0.3, 0.4) is 0 Å². The van der Waals surface area contributed by atoms with Gasteiger partial charge in [-0.1, -0.05) is 128 Å². The fourth-order valence-electron chi connectivity index (χ4n) is 17.2. The number of allylic oxidation sites excluding steroid dienone is 11. The molecule has 4 aliphatic heterocycles. The van der Waals surface area contributed by atoms with Gasteiger partial charge in [-0.15, -0.1) is 0 Å². The SMILES string of the molecule is [C-]#[N+]C1=C(N2CCCC2)CC(C)(C)C/C1=C(\C(=O)OCC(COC(=O)/C(C(=O)Oc1ccccc1)=C1\CC(C)(C)CC(N2CCCC2)=C1C#N)(COC(=O)/C(C(=O)Oc1ccccc1)=C1\CC(C)(C)CC(N2CCCC2)=C1C#N)COC(=O)/C(=C1/CC(C)(C)CC(N2CCCC2)=C1C#N)C(O)Oc1ccccc1)C(=O)Oc1ccccc1. The number of esters is 7. The van der Waals surface area contributed by atoms with E-state index in [0.29, 0.717) is 101 Å². The van der Waals surface area contributed by atoms with Crippen LogP contribution >= 0.6 is 0 Å². The fraction of sp³-hybridized carbons (Fsp3) is 0.452. The number of benzene rings is 4. The lowest BCUT2D eigenvalue weighted by atomic mass is 9.72. The number of aliphatic hydroxyl groups excluding tert-OH is 1. The molecule has 24 heteroatoms. The number of nitrogens with zero attached hydrogens (tertiary/aromatic N) is 8. The van der Waals surface area contributed by atoms with Gasteiger partial charge in [-0.05, 0) is 195 Å². The summed E-state index contributed by atoms with van der Waals surface area (Å²) in [6.45, 7) is 24.3. The summed E-state index contributed by atoms with van der Waals surface area (Å²) in [6.07, 6.45) is 5.76. The van der Waals surface area contributed by atoms with Crippen molar-refractivity contribution in [3.8, 4) is 41.2 Å². The van der Waals surface area contributed by atoms with E-state index >= 15 is 33.6 Å². The minimum absolute atomic E-state index is 0.0105. The monoisotopic (exact) mass is 1590 g/mol. The Kier molecular flexibility index (Phi) is 26.3. The Balaban J connectivity index is 1.08. The summed E-state index contributed by atoms with van der Waals surface area (Å²) in [6, 6.07) is 38.8. The zero-order chi connectivity index (χ0) is 83.4. The van der Waals surface area contributed by atoms with E-state index in [-0.39, 0.29) is 93.4 Å². The topological polar surface area (TPSA) is 302 Å². The van der Waals surface area contributed by atoms with Crippen molar-refractivity contribution in [2.45, 2.75) is 164 Å². The Hall–Kier alpha value is -12.0. The molecule has 4 aromatic rings. The molecule has 0 radical (unpaired) electrons. The van der Waals surface area contributed by atoms with Crippen LogP contribution in [0.2, 0.25) is 0 Å². The van der Waals surface area contributed by atoms with Crippen LogP contribution in [0.15, 0.2) is 211 Å². The molecule has 0 saturated carbocycles. The van der Waals surface area contributed by atoms with Crippen LogP contribution in [0.1, 0.15) is 158 Å².